The molecule has 162 valence electrons. The molecule has 2 aromatic carbocycles. The molecule has 1 aliphatic heterocycles. The molecule has 2 aromatic heterocycles. The monoisotopic (exact) mass is 426 g/mol. The first-order chi connectivity index (χ1) is 15.7. The average molecular weight is 427 g/mol. The largest absolute Gasteiger partial charge is 0.480 e. The maximum Gasteiger partial charge on any atom is 0.325 e. The van der Waals surface area contributed by atoms with Crippen molar-refractivity contribution < 1.29 is 9.90 Å². The lowest BCUT2D eigenvalue weighted by Gasteiger charge is -2.38. The SMILES string of the molecule is O=C(O)C(c1c(-c2ccccc2)[nH]c2ccccc12)N1CCN(Cc2ccncc2)CC1. The second kappa shape index (κ2) is 8.94. The number of rotatable bonds is 6. The van der Waals surface area contributed by atoms with Crippen LogP contribution in [0.1, 0.15) is 17.2 Å². The Morgan fingerprint density at radius 3 is 2.34 bits per heavy atom. The normalized spacial score (nSPS) is 16.2. The molecule has 32 heavy (non-hydrogen) atoms. The van der Waals surface area contributed by atoms with Crippen molar-refractivity contribution in [2.75, 3.05) is 26.2 Å². The van der Waals surface area contributed by atoms with Crippen molar-refractivity contribution >= 4 is 16.9 Å². The molecule has 0 bridgehead atoms. The fraction of sp³-hybridized carbons (Fsp3) is 0.231. The van der Waals surface area contributed by atoms with Gasteiger partial charge in [-0.2, -0.15) is 0 Å². The van der Waals surface area contributed by atoms with Gasteiger partial charge in [0.05, 0.1) is 5.69 Å². The van der Waals surface area contributed by atoms with Gasteiger partial charge in [0, 0.05) is 61.6 Å². The van der Waals surface area contributed by atoms with Gasteiger partial charge in [0.1, 0.15) is 6.04 Å². The van der Waals surface area contributed by atoms with Crippen LogP contribution in [-0.4, -0.2) is 57.0 Å². The van der Waals surface area contributed by atoms with Gasteiger partial charge in [0.25, 0.3) is 0 Å². The number of aromatic amines is 1. The van der Waals surface area contributed by atoms with Gasteiger partial charge in [-0.15, -0.1) is 0 Å². The van der Waals surface area contributed by atoms with Crippen LogP contribution >= 0.6 is 0 Å². The topological polar surface area (TPSA) is 72.5 Å². The molecule has 1 fully saturated rings. The number of piperazine rings is 1. The summed E-state index contributed by atoms with van der Waals surface area (Å²) in [6.07, 6.45) is 3.63. The summed E-state index contributed by atoms with van der Waals surface area (Å²) >= 11 is 0. The smallest absolute Gasteiger partial charge is 0.325 e. The molecule has 0 aliphatic carbocycles. The van der Waals surface area contributed by atoms with Crippen LogP contribution in [-0.2, 0) is 11.3 Å². The van der Waals surface area contributed by atoms with Gasteiger partial charge in [-0.25, -0.2) is 0 Å². The number of carbonyl (C=O) groups is 1. The van der Waals surface area contributed by atoms with E-state index in [2.05, 4.69) is 19.8 Å². The van der Waals surface area contributed by atoms with Crippen LogP contribution in [0.4, 0.5) is 0 Å². The van der Waals surface area contributed by atoms with Crippen LogP contribution in [0.25, 0.3) is 22.2 Å². The van der Waals surface area contributed by atoms with Crippen molar-refractivity contribution in [1.29, 1.82) is 0 Å². The molecule has 3 heterocycles. The van der Waals surface area contributed by atoms with Crippen LogP contribution in [0.5, 0.6) is 0 Å². The van der Waals surface area contributed by atoms with E-state index in [1.807, 2.05) is 79.1 Å². The third-order valence-corrected chi connectivity index (χ3v) is 6.24. The fourth-order valence-corrected chi connectivity index (χ4v) is 4.67. The average Bonchev–Trinajstić information content (AvgIpc) is 3.21. The number of aliphatic carboxylic acids is 1. The van der Waals surface area contributed by atoms with E-state index in [4.69, 9.17) is 0 Å². The Balaban J connectivity index is 1.46. The summed E-state index contributed by atoms with van der Waals surface area (Å²) in [7, 11) is 0. The van der Waals surface area contributed by atoms with Gasteiger partial charge in [0.2, 0.25) is 0 Å². The van der Waals surface area contributed by atoms with Crippen LogP contribution < -0.4 is 0 Å². The number of nitrogens with one attached hydrogen (secondary N) is 1. The summed E-state index contributed by atoms with van der Waals surface area (Å²) in [5, 5.41) is 11.3. The summed E-state index contributed by atoms with van der Waals surface area (Å²) in [6.45, 7) is 3.92. The van der Waals surface area contributed by atoms with Gasteiger partial charge in [-0.05, 0) is 29.3 Å². The fourth-order valence-electron chi connectivity index (χ4n) is 4.67. The number of carboxylic acid groups (broad SMARTS) is 1. The number of benzene rings is 2. The summed E-state index contributed by atoms with van der Waals surface area (Å²) in [4.78, 5) is 24.7. The zero-order valence-electron chi connectivity index (χ0n) is 17.8. The molecule has 6 nitrogen and oxygen atoms in total. The van der Waals surface area contributed by atoms with Crippen LogP contribution in [0.3, 0.4) is 0 Å². The van der Waals surface area contributed by atoms with Gasteiger partial charge >= 0.3 is 5.97 Å². The summed E-state index contributed by atoms with van der Waals surface area (Å²) in [5.41, 5.74) is 4.93. The molecule has 5 rings (SSSR count). The lowest BCUT2D eigenvalue weighted by Crippen LogP contribution is -2.48. The molecule has 1 unspecified atom stereocenters. The third-order valence-electron chi connectivity index (χ3n) is 6.24. The highest BCUT2D eigenvalue weighted by Crippen LogP contribution is 2.37. The van der Waals surface area contributed by atoms with Crippen molar-refractivity contribution in [2.24, 2.45) is 0 Å². The van der Waals surface area contributed by atoms with E-state index < -0.39 is 12.0 Å². The highest BCUT2D eigenvalue weighted by atomic mass is 16.4. The molecule has 0 saturated carbocycles. The van der Waals surface area contributed by atoms with E-state index >= 15 is 0 Å². The second-order valence-electron chi connectivity index (χ2n) is 8.23. The molecule has 1 atom stereocenters. The van der Waals surface area contributed by atoms with Crippen molar-refractivity contribution in [3.8, 4) is 11.3 Å². The number of carboxylic acids is 1. The summed E-state index contributed by atoms with van der Waals surface area (Å²) in [6, 6.07) is 21.3. The Kier molecular flexibility index (Phi) is 5.71. The molecular formula is C26H26N4O2. The van der Waals surface area contributed by atoms with Gasteiger partial charge in [0.15, 0.2) is 0 Å². The number of para-hydroxylation sites is 1. The predicted molar refractivity (Wildman–Crippen MR) is 125 cm³/mol. The van der Waals surface area contributed by atoms with E-state index in [9.17, 15) is 9.90 Å². The lowest BCUT2D eigenvalue weighted by atomic mass is 9.97. The number of aromatic nitrogens is 2. The molecule has 6 heteroatoms. The number of fused-ring (bicyclic) bond motifs is 1. The molecule has 2 N–H and O–H groups in total. The number of H-pyrrole nitrogens is 1. The van der Waals surface area contributed by atoms with Crippen molar-refractivity contribution in [2.45, 2.75) is 12.6 Å². The maximum absolute atomic E-state index is 12.6. The van der Waals surface area contributed by atoms with Crippen LogP contribution in [0.2, 0.25) is 0 Å². The van der Waals surface area contributed by atoms with E-state index in [0.29, 0.717) is 13.1 Å². The highest BCUT2D eigenvalue weighted by molar-refractivity contribution is 5.95. The van der Waals surface area contributed by atoms with E-state index in [1.54, 1.807) is 0 Å². The molecule has 4 aromatic rings. The highest BCUT2D eigenvalue weighted by Gasteiger charge is 2.34. The summed E-state index contributed by atoms with van der Waals surface area (Å²) < 4.78 is 0. The quantitative estimate of drug-likeness (QED) is 0.484. The van der Waals surface area contributed by atoms with E-state index in [-0.39, 0.29) is 0 Å². The molecular weight excluding hydrogens is 400 g/mol. The minimum absolute atomic E-state index is 0.704. The Labute approximate surface area is 187 Å². The number of nitrogens with zero attached hydrogens (tertiary/aromatic N) is 3. The van der Waals surface area contributed by atoms with Crippen molar-refractivity contribution in [1.82, 2.24) is 19.8 Å². The molecule has 1 aliphatic rings. The number of pyridine rings is 1. The Bertz CT molecular complexity index is 1200. The Hall–Kier alpha value is -3.48. The zero-order valence-corrected chi connectivity index (χ0v) is 17.8. The van der Waals surface area contributed by atoms with E-state index in [0.717, 1.165) is 47.4 Å². The Morgan fingerprint density at radius 2 is 1.62 bits per heavy atom. The minimum atomic E-state index is -0.811. The Morgan fingerprint density at radius 1 is 0.938 bits per heavy atom. The van der Waals surface area contributed by atoms with Crippen LogP contribution in [0, 0.1) is 0 Å². The standard InChI is InChI=1S/C26H26N4O2/c31-26(32)25(30-16-14-29(15-17-30)18-19-10-12-27-13-11-19)23-21-8-4-5-9-22(21)28-24(23)20-6-2-1-3-7-20/h1-13,25,28H,14-18H2,(H,31,32). The molecule has 0 amide bonds. The zero-order chi connectivity index (χ0) is 21.9. The first-order valence-electron chi connectivity index (χ1n) is 10.9. The van der Waals surface area contributed by atoms with E-state index in [1.165, 1.54) is 5.56 Å². The first-order valence-corrected chi connectivity index (χ1v) is 10.9. The minimum Gasteiger partial charge on any atom is -0.480 e. The number of hydrogen-bond donors (Lipinski definition) is 2. The number of hydrogen-bond acceptors (Lipinski definition) is 4. The second-order valence-corrected chi connectivity index (χ2v) is 8.23. The summed E-state index contributed by atoms with van der Waals surface area (Å²) in [5.74, 6) is -0.811. The van der Waals surface area contributed by atoms with Gasteiger partial charge < -0.3 is 10.1 Å². The third kappa shape index (κ3) is 4.02. The van der Waals surface area contributed by atoms with Crippen molar-refractivity contribution in [3.63, 3.8) is 0 Å². The molecule has 0 spiro atoms. The first kappa shape index (κ1) is 20.4. The predicted octanol–water partition coefficient (Wildman–Crippen LogP) is 4.17. The maximum atomic E-state index is 12.6. The van der Waals surface area contributed by atoms with Crippen LogP contribution in [0.15, 0.2) is 79.1 Å². The van der Waals surface area contributed by atoms with Crippen molar-refractivity contribution in [3.05, 3.63) is 90.3 Å². The molecule has 0 radical (unpaired) electrons. The van der Waals surface area contributed by atoms with Gasteiger partial charge in [-0.3, -0.25) is 19.6 Å². The molecule has 1 saturated heterocycles. The lowest BCUT2D eigenvalue weighted by molar-refractivity contribution is -0.144. The van der Waals surface area contributed by atoms with Gasteiger partial charge in [-0.1, -0.05) is 48.5 Å².